The molecule has 0 amide bonds. The molecule has 4 saturated carbocycles. The quantitative estimate of drug-likeness (QED) is 0.259. The zero-order chi connectivity index (χ0) is 27.8. The molecule has 0 bridgehead atoms. The number of ether oxygens (including phenoxy) is 2. The highest BCUT2D eigenvalue weighted by atomic mass is 16.6. The monoisotopic (exact) mass is 534 g/mol. The molecule has 216 valence electrons. The predicted molar refractivity (Wildman–Crippen MR) is 157 cm³/mol. The second-order valence-corrected chi connectivity index (χ2v) is 16.0. The molecule has 3 heteroatoms. The van der Waals surface area contributed by atoms with Gasteiger partial charge in [-0.2, -0.15) is 0 Å². The Hall–Kier alpha value is -1.35. The number of benzene rings is 1. The zero-order valence-corrected chi connectivity index (χ0v) is 25.8. The van der Waals surface area contributed by atoms with Gasteiger partial charge in [0.05, 0.1) is 11.7 Å². The largest absolute Gasteiger partial charge is 0.458 e. The Bertz CT molecular complexity index is 1060. The van der Waals surface area contributed by atoms with Crippen LogP contribution in [0.25, 0.3) is 0 Å². The second-order valence-electron chi connectivity index (χ2n) is 16.0. The van der Waals surface area contributed by atoms with Gasteiger partial charge < -0.3 is 9.47 Å². The average Bonchev–Trinajstić information content (AvgIpc) is 3.55. The average molecular weight is 535 g/mol. The molecule has 1 spiro atoms. The third-order valence-corrected chi connectivity index (χ3v) is 13.4. The summed E-state index contributed by atoms with van der Waals surface area (Å²) in [6.45, 7) is 17.3. The minimum atomic E-state index is -0.160. The van der Waals surface area contributed by atoms with E-state index in [-0.39, 0.29) is 23.1 Å². The van der Waals surface area contributed by atoms with Gasteiger partial charge in [-0.05, 0) is 98.0 Å². The van der Waals surface area contributed by atoms with Gasteiger partial charge >= 0.3 is 5.97 Å². The Kier molecular flexibility index (Phi) is 6.84. The second kappa shape index (κ2) is 9.60. The fraction of sp³-hybridized carbons (Fsp3) is 0.806. The van der Waals surface area contributed by atoms with Crippen LogP contribution in [0.5, 0.6) is 0 Å². The molecule has 0 unspecified atom stereocenters. The van der Waals surface area contributed by atoms with Crippen molar-refractivity contribution < 1.29 is 14.3 Å². The van der Waals surface area contributed by atoms with Gasteiger partial charge in [0.2, 0.25) is 0 Å². The van der Waals surface area contributed by atoms with Crippen LogP contribution in [-0.4, -0.2) is 23.8 Å². The normalized spacial score (nSPS) is 44.5. The van der Waals surface area contributed by atoms with Crippen LogP contribution in [0.3, 0.4) is 0 Å². The molecule has 5 fully saturated rings. The van der Waals surface area contributed by atoms with Crippen molar-refractivity contribution in [1.29, 1.82) is 0 Å². The molecule has 0 radical (unpaired) electrons. The van der Waals surface area contributed by atoms with Crippen LogP contribution < -0.4 is 0 Å². The zero-order valence-electron chi connectivity index (χ0n) is 25.8. The molecule has 3 nitrogen and oxygen atoms in total. The minimum absolute atomic E-state index is 0.0145. The summed E-state index contributed by atoms with van der Waals surface area (Å²) < 4.78 is 13.1. The number of esters is 1. The lowest BCUT2D eigenvalue weighted by Crippen LogP contribution is -2.62. The standard InChI is InChI=1S/C36H54O3/c1-23(2)12-11-13-24(3)28-22-31-36(39-31)27-16-17-29-33(4,5)30(38-32(37)25-14-9-8-10-15-25)19-20-34(29,6)26(27)18-21-35(28,36)7/h8-10,14-15,23-24,26-31H,11-13,16-22H2,1-7H3/t24-,26+,27-,28-,29+,30+,31+,34-,35-,36+/m1/s1. The van der Waals surface area contributed by atoms with Gasteiger partial charge in [0.1, 0.15) is 11.7 Å². The number of rotatable bonds is 7. The van der Waals surface area contributed by atoms with E-state index in [2.05, 4.69) is 48.5 Å². The molecule has 10 atom stereocenters. The first-order valence-corrected chi connectivity index (χ1v) is 16.4. The SMILES string of the molecule is CC(C)CCC[C@@H](C)[C@H]1C[C@@H]2O[C@@]23[C@@H]2CC[C@H]4C(C)(C)[C@@H](OC(=O)c5ccccc5)CC[C@]4(C)[C@H]2CC[C@]13C. The van der Waals surface area contributed by atoms with E-state index in [0.717, 1.165) is 30.1 Å². The van der Waals surface area contributed by atoms with Crippen LogP contribution in [-0.2, 0) is 9.47 Å². The highest BCUT2D eigenvalue weighted by molar-refractivity contribution is 5.89. The fourth-order valence-electron chi connectivity index (χ4n) is 11.4. The molecule has 6 rings (SSSR count). The van der Waals surface area contributed by atoms with Crippen molar-refractivity contribution in [2.45, 2.75) is 130 Å². The van der Waals surface area contributed by atoms with E-state index in [1.165, 1.54) is 57.8 Å². The minimum Gasteiger partial charge on any atom is -0.458 e. The lowest BCUT2D eigenvalue weighted by atomic mass is 9.40. The number of fused-ring (bicyclic) bond motifs is 3. The summed E-state index contributed by atoms with van der Waals surface area (Å²) in [6.07, 6.45) is 13.3. The van der Waals surface area contributed by atoms with Crippen molar-refractivity contribution in [3.05, 3.63) is 35.9 Å². The molecule has 0 aromatic heterocycles. The number of hydrogen-bond donors (Lipinski definition) is 0. The summed E-state index contributed by atoms with van der Waals surface area (Å²) in [5.41, 5.74) is 1.43. The van der Waals surface area contributed by atoms with Crippen LogP contribution in [0.4, 0.5) is 0 Å². The topological polar surface area (TPSA) is 38.8 Å². The maximum atomic E-state index is 13.0. The van der Waals surface area contributed by atoms with Crippen molar-refractivity contribution in [2.75, 3.05) is 0 Å². The van der Waals surface area contributed by atoms with Gasteiger partial charge in [-0.1, -0.05) is 85.9 Å². The van der Waals surface area contributed by atoms with Crippen LogP contribution in [0.1, 0.15) is 123 Å². The molecular formula is C36H54O3. The van der Waals surface area contributed by atoms with E-state index in [4.69, 9.17) is 9.47 Å². The Morgan fingerprint density at radius 2 is 1.69 bits per heavy atom. The van der Waals surface area contributed by atoms with E-state index in [1.54, 1.807) is 0 Å². The maximum Gasteiger partial charge on any atom is 0.338 e. The van der Waals surface area contributed by atoms with Crippen LogP contribution >= 0.6 is 0 Å². The fourth-order valence-corrected chi connectivity index (χ4v) is 11.4. The summed E-state index contributed by atoms with van der Waals surface area (Å²) in [7, 11) is 0. The summed E-state index contributed by atoms with van der Waals surface area (Å²) in [5, 5.41) is 0. The summed E-state index contributed by atoms with van der Waals surface area (Å²) in [4.78, 5) is 13.0. The van der Waals surface area contributed by atoms with E-state index in [0.29, 0.717) is 34.3 Å². The molecular weight excluding hydrogens is 480 g/mol. The Labute approximate surface area is 238 Å². The van der Waals surface area contributed by atoms with Crippen molar-refractivity contribution in [3.63, 3.8) is 0 Å². The molecule has 1 heterocycles. The van der Waals surface area contributed by atoms with Gasteiger partial charge in [-0.15, -0.1) is 0 Å². The first-order chi connectivity index (χ1) is 18.4. The first-order valence-electron chi connectivity index (χ1n) is 16.4. The summed E-state index contributed by atoms with van der Waals surface area (Å²) in [5.74, 6) is 4.29. The van der Waals surface area contributed by atoms with Gasteiger partial charge in [0.25, 0.3) is 0 Å². The van der Waals surface area contributed by atoms with Crippen molar-refractivity contribution >= 4 is 5.97 Å². The molecule has 1 aliphatic heterocycles. The van der Waals surface area contributed by atoms with E-state index < -0.39 is 0 Å². The summed E-state index contributed by atoms with van der Waals surface area (Å²) >= 11 is 0. The molecule has 0 N–H and O–H groups in total. The smallest absolute Gasteiger partial charge is 0.338 e. The number of carbonyl (C=O) groups is 1. The molecule has 5 aliphatic rings. The third-order valence-electron chi connectivity index (χ3n) is 13.4. The van der Waals surface area contributed by atoms with Crippen LogP contribution in [0.2, 0.25) is 0 Å². The lowest BCUT2D eigenvalue weighted by molar-refractivity contribution is -0.189. The van der Waals surface area contributed by atoms with Crippen molar-refractivity contribution in [3.8, 4) is 0 Å². The van der Waals surface area contributed by atoms with Gasteiger partial charge in [-0.25, -0.2) is 4.79 Å². The van der Waals surface area contributed by atoms with Gasteiger partial charge in [-0.3, -0.25) is 0 Å². The van der Waals surface area contributed by atoms with Gasteiger partial charge in [0.15, 0.2) is 0 Å². The van der Waals surface area contributed by atoms with Crippen LogP contribution in [0, 0.1) is 51.8 Å². The van der Waals surface area contributed by atoms with Crippen LogP contribution in [0.15, 0.2) is 30.3 Å². The molecule has 4 aliphatic carbocycles. The predicted octanol–water partition coefficient (Wildman–Crippen LogP) is 9.10. The van der Waals surface area contributed by atoms with E-state index >= 15 is 0 Å². The first kappa shape index (κ1) is 27.8. The highest BCUT2D eigenvalue weighted by Gasteiger charge is 2.81. The van der Waals surface area contributed by atoms with Crippen molar-refractivity contribution in [2.24, 2.45) is 51.8 Å². The number of carbonyl (C=O) groups excluding carboxylic acids is 1. The van der Waals surface area contributed by atoms with E-state index in [9.17, 15) is 4.79 Å². The molecule has 1 aromatic carbocycles. The Balaban J connectivity index is 1.19. The Morgan fingerprint density at radius 3 is 2.41 bits per heavy atom. The van der Waals surface area contributed by atoms with Gasteiger partial charge in [0, 0.05) is 10.8 Å². The number of hydrogen-bond acceptors (Lipinski definition) is 3. The molecule has 1 saturated heterocycles. The number of epoxide rings is 1. The maximum absolute atomic E-state index is 13.0. The third kappa shape index (κ3) is 4.10. The van der Waals surface area contributed by atoms with E-state index in [1.807, 2.05) is 30.3 Å². The molecule has 1 aromatic rings. The van der Waals surface area contributed by atoms with Crippen molar-refractivity contribution in [1.82, 2.24) is 0 Å². The summed E-state index contributed by atoms with van der Waals surface area (Å²) in [6, 6.07) is 9.54. The highest BCUT2D eigenvalue weighted by Crippen LogP contribution is 2.78. The molecule has 39 heavy (non-hydrogen) atoms. The lowest BCUT2D eigenvalue weighted by Gasteiger charge is -2.65. The Morgan fingerprint density at radius 1 is 0.949 bits per heavy atom.